The molecule has 0 saturated carbocycles. The van der Waals surface area contributed by atoms with E-state index in [0.29, 0.717) is 11.4 Å². The van der Waals surface area contributed by atoms with E-state index in [9.17, 15) is 0 Å². The Morgan fingerprint density at radius 2 is 2.00 bits per heavy atom. The summed E-state index contributed by atoms with van der Waals surface area (Å²) in [7, 11) is 0. The van der Waals surface area contributed by atoms with Crippen LogP contribution in [-0.2, 0) is 6.61 Å². The molecule has 82 valence electrons. The second-order valence-electron chi connectivity index (χ2n) is 3.55. The molecule has 2 rings (SSSR count). The summed E-state index contributed by atoms with van der Waals surface area (Å²) < 4.78 is 0. The lowest BCUT2D eigenvalue weighted by atomic mass is 10.2. The molecule has 0 aliphatic carbocycles. The van der Waals surface area contributed by atoms with E-state index in [1.165, 1.54) is 11.9 Å². The van der Waals surface area contributed by atoms with E-state index in [4.69, 9.17) is 5.11 Å². The molecule has 1 aromatic carbocycles. The zero-order chi connectivity index (χ0) is 11.4. The molecule has 4 heteroatoms. The van der Waals surface area contributed by atoms with Gasteiger partial charge in [0.15, 0.2) is 0 Å². The van der Waals surface area contributed by atoms with Gasteiger partial charge in [0.25, 0.3) is 0 Å². The molecule has 0 saturated heterocycles. The minimum absolute atomic E-state index is 0.0744. The summed E-state index contributed by atoms with van der Waals surface area (Å²) in [5.74, 6) is 0.640. The van der Waals surface area contributed by atoms with Crippen LogP contribution >= 0.6 is 0 Å². The van der Waals surface area contributed by atoms with Gasteiger partial charge in [0.1, 0.15) is 12.1 Å². The number of aromatic nitrogens is 2. The fraction of sp³-hybridized carbons (Fsp3) is 0.167. The van der Waals surface area contributed by atoms with E-state index < -0.39 is 0 Å². The van der Waals surface area contributed by atoms with Gasteiger partial charge in [-0.15, -0.1) is 0 Å². The van der Waals surface area contributed by atoms with Gasteiger partial charge in [0.2, 0.25) is 0 Å². The number of hydrogen-bond donors (Lipinski definition) is 2. The van der Waals surface area contributed by atoms with Crippen LogP contribution in [0.4, 0.5) is 11.5 Å². The SMILES string of the molecule is Cc1ccc(Nc2ncncc2CO)cc1. The summed E-state index contributed by atoms with van der Waals surface area (Å²) in [5, 5.41) is 12.3. The molecule has 0 bridgehead atoms. The van der Waals surface area contributed by atoms with Gasteiger partial charge in [-0.2, -0.15) is 0 Å². The van der Waals surface area contributed by atoms with Crippen LogP contribution in [0, 0.1) is 6.92 Å². The standard InChI is InChI=1S/C12H13N3O/c1-9-2-4-11(5-3-9)15-12-10(7-16)6-13-8-14-12/h2-6,8,16H,7H2,1H3,(H,13,14,15). The molecule has 0 amide bonds. The smallest absolute Gasteiger partial charge is 0.139 e. The molecule has 4 nitrogen and oxygen atoms in total. The van der Waals surface area contributed by atoms with Crippen LogP contribution in [-0.4, -0.2) is 15.1 Å². The monoisotopic (exact) mass is 215 g/mol. The molecule has 1 aromatic heterocycles. The third kappa shape index (κ3) is 2.35. The fourth-order valence-corrected chi connectivity index (χ4v) is 1.36. The molecular weight excluding hydrogens is 202 g/mol. The Balaban J connectivity index is 2.23. The molecule has 2 aromatic rings. The zero-order valence-electron chi connectivity index (χ0n) is 9.01. The first-order chi connectivity index (χ1) is 7.79. The number of aliphatic hydroxyl groups excluding tert-OH is 1. The summed E-state index contributed by atoms with van der Waals surface area (Å²) in [6, 6.07) is 7.97. The highest BCUT2D eigenvalue weighted by atomic mass is 16.3. The third-order valence-corrected chi connectivity index (χ3v) is 2.27. The topological polar surface area (TPSA) is 58.0 Å². The average Bonchev–Trinajstić information content (AvgIpc) is 2.33. The van der Waals surface area contributed by atoms with Crippen molar-refractivity contribution in [2.45, 2.75) is 13.5 Å². The first-order valence-electron chi connectivity index (χ1n) is 5.03. The highest BCUT2D eigenvalue weighted by molar-refractivity contribution is 5.58. The number of benzene rings is 1. The molecule has 1 heterocycles. The predicted octanol–water partition coefficient (Wildman–Crippen LogP) is 2.02. The molecule has 2 N–H and O–H groups in total. The van der Waals surface area contributed by atoms with Crippen molar-refractivity contribution in [1.82, 2.24) is 9.97 Å². The number of anilines is 2. The molecule has 0 unspecified atom stereocenters. The number of hydrogen-bond acceptors (Lipinski definition) is 4. The van der Waals surface area contributed by atoms with E-state index in [1.807, 2.05) is 31.2 Å². The van der Waals surface area contributed by atoms with Gasteiger partial charge in [0, 0.05) is 17.4 Å². The molecular formula is C12H13N3O. The fourth-order valence-electron chi connectivity index (χ4n) is 1.36. The number of aryl methyl sites for hydroxylation is 1. The molecule has 0 aliphatic rings. The van der Waals surface area contributed by atoms with Gasteiger partial charge in [-0.1, -0.05) is 17.7 Å². The largest absolute Gasteiger partial charge is 0.391 e. The third-order valence-electron chi connectivity index (χ3n) is 2.27. The minimum atomic E-state index is -0.0744. The maximum Gasteiger partial charge on any atom is 0.139 e. The zero-order valence-corrected chi connectivity index (χ0v) is 9.01. The molecule has 0 spiro atoms. The van der Waals surface area contributed by atoms with Crippen LogP contribution in [0.25, 0.3) is 0 Å². The highest BCUT2D eigenvalue weighted by Gasteiger charge is 2.02. The van der Waals surface area contributed by atoms with Crippen LogP contribution in [0.1, 0.15) is 11.1 Å². The van der Waals surface area contributed by atoms with E-state index in [1.54, 1.807) is 6.20 Å². The Hall–Kier alpha value is -1.94. The maximum absolute atomic E-state index is 9.12. The van der Waals surface area contributed by atoms with Crippen molar-refractivity contribution in [3.8, 4) is 0 Å². The number of aliphatic hydroxyl groups is 1. The van der Waals surface area contributed by atoms with Crippen LogP contribution in [0.15, 0.2) is 36.8 Å². The summed E-state index contributed by atoms with van der Waals surface area (Å²) >= 11 is 0. The Morgan fingerprint density at radius 1 is 1.25 bits per heavy atom. The number of nitrogens with one attached hydrogen (secondary N) is 1. The van der Waals surface area contributed by atoms with Crippen LogP contribution in [0.3, 0.4) is 0 Å². The van der Waals surface area contributed by atoms with Gasteiger partial charge in [-0.25, -0.2) is 9.97 Å². The Kier molecular flexibility index (Phi) is 3.12. The number of rotatable bonds is 3. The lowest BCUT2D eigenvalue weighted by Gasteiger charge is -2.08. The second-order valence-corrected chi connectivity index (χ2v) is 3.55. The minimum Gasteiger partial charge on any atom is -0.391 e. The summed E-state index contributed by atoms with van der Waals surface area (Å²) in [6.45, 7) is 1.96. The van der Waals surface area contributed by atoms with E-state index >= 15 is 0 Å². The van der Waals surface area contributed by atoms with Crippen molar-refractivity contribution in [3.05, 3.63) is 47.9 Å². The first kappa shape index (κ1) is 10.6. The molecule has 0 fully saturated rings. The Labute approximate surface area is 94.0 Å². The van der Waals surface area contributed by atoms with E-state index in [2.05, 4.69) is 15.3 Å². The van der Waals surface area contributed by atoms with Crippen molar-refractivity contribution >= 4 is 11.5 Å². The average molecular weight is 215 g/mol. The lowest BCUT2D eigenvalue weighted by Crippen LogP contribution is -1.99. The van der Waals surface area contributed by atoms with Crippen molar-refractivity contribution in [2.24, 2.45) is 0 Å². The predicted molar refractivity (Wildman–Crippen MR) is 62.4 cm³/mol. The van der Waals surface area contributed by atoms with Gasteiger partial charge in [-0.05, 0) is 19.1 Å². The number of nitrogens with zero attached hydrogens (tertiary/aromatic N) is 2. The van der Waals surface area contributed by atoms with Gasteiger partial charge >= 0.3 is 0 Å². The van der Waals surface area contributed by atoms with Gasteiger partial charge in [0.05, 0.1) is 6.61 Å². The summed E-state index contributed by atoms with van der Waals surface area (Å²) in [4.78, 5) is 7.95. The van der Waals surface area contributed by atoms with Crippen molar-refractivity contribution in [3.63, 3.8) is 0 Å². The second kappa shape index (κ2) is 4.72. The van der Waals surface area contributed by atoms with Crippen LogP contribution in [0.5, 0.6) is 0 Å². The summed E-state index contributed by atoms with van der Waals surface area (Å²) in [5.41, 5.74) is 2.83. The lowest BCUT2D eigenvalue weighted by molar-refractivity contribution is 0.281. The Morgan fingerprint density at radius 3 is 2.69 bits per heavy atom. The molecule has 0 aliphatic heterocycles. The van der Waals surface area contributed by atoms with E-state index in [-0.39, 0.29) is 6.61 Å². The van der Waals surface area contributed by atoms with Gasteiger partial charge in [-0.3, -0.25) is 0 Å². The highest BCUT2D eigenvalue weighted by Crippen LogP contribution is 2.17. The van der Waals surface area contributed by atoms with Gasteiger partial charge < -0.3 is 10.4 Å². The van der Waals surface area contributed by atoms with Crippen molar-refractivity contribution in [2.75, 3.05) is 5.32 Å². The van der Waals surface area contributed by atoms with Crippen molar-refractivity contribution in [1.29, 1.82) is 0 Å². The maximum atomic E-state index is 9.12. The normalized spacial score (nSPS) is 10.1. The van der Waals surface area contributed by atoms with E-state index in [0.717, 1.165) is 5.69 Å². The van der Waals surface area contributed by atoms with Crippen LogP contribution < -0.4 is 5.32 Å². The molecule has 0 radical (unpaired) electrons. The van der Waals surface area contributed by atoms with Crippen molar-refractivity contribution < 1.29 is 5.11 Å². The quantitative estimate of drug-likeness (QED) is 0.822. The first-order valence-corrected chi connectivity index (χ1v) is 5.03. The Bertz CT molecular complexity index is 468. The van der Waals surface area contributed by atoms with Crippen LogP contribution in [0.2, 0.25) is 0 Å². The molecule has 0 atom stereocenters. The summed E-state index contributed by atoms with van der Waals surface area (Å²) in [6.07, 6.45) is 3.05. The molecule has 16 heavy (non-hydrogen) atoms.